The predicted octanol–water partition coefficient (Wildman–Crippen LogP) is 2.12. The van der Waals surface area contributed by atoms with Crippen LogP contribution in [0.1, 0.15) is 54.9 Å². The van der Waals surface area contributed by atoms with Gasteiger partial charge in [0.1, 0.15) is 5.76 Å². The largest absolute Gasteiger partial charge is 0.361 e. The maximum atomic E-state index is 5.47. The van der Waals surface area contributed by atoms with Crippen molar-refractivity contribution in [2.45, 2.75) is 45.2 Å². The third-order valence-electron chi connectivity index (χ3n) is 4.77. The van der Waals surface area contributed by atoms with Gasteiger partial charge in [0, 0.05) is 44.7 Å². The first kappa shape index (κ1) is 14.8. The second kappa shape index (κ2) is 6.05. The molecule has 0 radical (unpaired) electrons. The average Bonchev–Trinajstić information content (AvgIpc) is 3.15. The van der Waals surface area contributed by atoms with Crippen LogP contribution >= 0.6 is 0 Å². The highest BCUT2D eigenvalue weighted by atomic mass is 16.5. The molecule has 0 spiro atoms. The third kappa shape index (κ3) is 3.30. The number of rotatable bonds is 5. The van der Waals surface area contributed by atoms with E-state index < -0.39 is 0 Å². The van der Waals surface area contributed by atoms with Crippen molar-refractivity contribution >= 4 is 0 Å². The lowest BCUT2D eigenvalue weighted by atomic mass is 10.2. The molecule has 1 aliphatic heterocycles. The van der Waals surface area contributed by atoms with Crippen LogP contribution in [-0.4, -0.2) is 51.3 Å². The minimum absolute atomic E-state index is 0.187. The summed E-state index contributed by atoms with van der Waals surface area (Å²) in [6, 6.07) is 2.19. The van der Waals surface area contributed by atoms with E-state index in [-0.39, 0.29) is 6.04 Å². The van der Waals surface area contributed by atoms with Crippen LogP contribution in [0.15, 0.2) is 15.1 Å². The molecule has 2 aromatic heterocycles. The Morgan fingerprint density at radius 2 is 1.96 bits per heavy atom. The molecule has 0 unspecified atom stereocenters. The second-order valence-electron chi connectivity index (χ2n) is 6.68. The Morgan fingerprint density at radius 3 is 2.61 bits per heavy atom. The van der Waals surface area contributed by atoms with E-state index in [0.29, 0.717) is 5.92 Å². The standard InChI is InChI=1S/C16H23N5O2/c1-11-9-14(18-22-11)10-20-5-7-21(8-6-20)12(2)16-17-15(19-23-16)13-3-4-13/h9,12-13H,3-8,10H2,1-2H3/t12-/m0/s1. The molecule has 4 rings (SSSR count). The van der Waals surface area contributed by atoms with E-state index in [1.807, 2.05) is 13.0 Å². The molecule has 2 aliphatic rings. The highest BCUT2D eigenvalue weighted by Gasteiger charge is 2.31. The Kier molecular flexibility index (Phi) is 3.90. The quantitative estimate of drug-likeness (QED) is 0.836. The van der Waals surface area contributed by atoms with Crippen molar-refractivity contribution in [3.8, 4) is 0 Å². The van der Waals surface area contributed by atoms with Crippen LogP contribution in [0.25, 0.3) is 0 Å². The first-order chi connectivity index (χ1) is 11.2. The van der Waals surface area contributed by atoms with Gasteiger partial charge >= 0.3 is 0 Å². The van der Waals surface area contributed by atoms with Crippen LogP contribution in [0.4, 0.5) is 0 Å². The average molecular weight is 317 g/mol. The highest BCUT2D eigenvalue weighted by molar-refractivity contribution is 5.05. The molecule has 124 valence electrons. The molecule has 1 saturated heterocycles. The summed E-state index contributed by atoms with van der Waals surface area (Å²) in [7, 11) is 0. The van der Waals surface area contributed by atoms with Crippen molar-refractivity contribution in [1.82, 2.24) is 25.1 Å². The van der Waals surface area contributed by atoms with Crippen molar-refractivity contribution < 1.29 is 9.05 Å². The molecule has 7 heteroatoms. The topological polar surface area (TPSA) is 71.4 Å². The molecule has 2 fully saturated rings. The maximum absolute atomic E-state index is 5.47. The molecule has 1 saturated carbocycles. The van der Waals surface area contributed by atoms with Crippen molar-refractivity contribution in [3.05, 3.63) is 29.2 Å². The Hall–Kier alpha value is -1.73. The summed E-state index contributed by atoms with van der Waals surface area (Å²) < 4.78 is 10.6. The number of nitrogens with zero attached hydrogens (tertiary/aromatic N) is 5. The van der Waals surface area contributed by atoms with Crippen molar-refractivity contribution in [2.24, 2.45) is 0 Å². The molecule has 0 aromatic carbocycles. The van der Waals surface area contributed by atoms with Gasteiger partial charge in [0.2, 0.25) is 5.89 Å². The van der Waals surface area contributed by atoms with Gasteiger partial charge < -0.3 is 9.05 Å². The van der Waals surface area contributed by atoms with Crippen LogP contribution in [-0.2, 0) is 6.54 Å². The molecule has 7 nitrogen and oxygen atoms in total. The monoisotopic (exact) mass is 317 g/mol. The molecule has 1 aliphatic carbocycles. The lowest BCUT2D eigenvalue weighted by molar-refractivity contribution is 0.0833. The van der Waals surface area contributed by atoms with E-state index in [1.165, 1.54) is 12.8 Å². The fourth-order valence-electron chi connectivity index (χ4n) is 3.11. The van der Waals surface area contributed by atoms with E-state index in [0.717, 1.165) is 55.9 Å². The van der Waals surface area contributed by atoms with Gasteiger partial charge in [-0.2, -0.15) is 4.98 Å². The van der Waals surface area contributed by atoms with Crippen LogP contribution in [0.5, 0.6) is 0 Å². The fourth-order valence-corrected chi connectivity index (χ4v) is 3.11. The van der Waals surface area contributed by atoms with E-state index >= 15 is 0 Å². The van der Waals surface area contributed by atoms with Gasteiger partial charge in [0.25, 0.3) is 0 Å². The summed E-state index contributed by atoms with van der Waals surface area (Å²) in [6.45, 7) is 8.96. The van der Waals surface area contributed by atoms with Crippen molar-refractivity contribution in [2.75, 3.05) is 26.2 Å². The van der Waals surface area contributed by atoms with Crippen LogP contribution in [0.3, 0.4) is 0 Å². The smallest absolute Gasteiger partial charge is 0.243 e. The minimum atomic E-state index is 0.187. The summed E-state index contributed by atoms with van der Waals surface area (Å²) in [5.74, 6) is 3.07. The zero-order chi connectivity index (χ0) is 15.8. The molecule has 1 atom stereocenters. The SMILES string of the molecule is Cc1cc(CN2CCN([C@@H](C)c3nc(C4CC4)no3)CC2)no1. The second-order valence-corrected chi connectivity index (χ2v) is 6.68. The Labute approximate surface area is 135 Å². The number of aryl methyl sites for hydroxylation is 1. The molecule has 23 heavy (non-hydrogen) atoms. The zero-order valence-corrected chi connectivity index (χ0v) is 13.7. The number of aromatic nitrogens is 3. The van der Waals surface area contributed by atoms with Gasteiger partial charge in [0.15, 0.2) is 5.82 Å². The van der Waals surface area contributed by atoms with Gasteiger partial charge in [-0.05, 0) is 26.7 Å². The number of piperazine rings is 1. The Balaban J connectivity index is 1.31. The fraction of sp³-hybridized carbons (Fsp3) is 0.688. The van der Waals surface area contributed by atoms with Gasteiger partial charge in [-0.15, -0.1) is 0 Å². The molecule has 2 aromatic rings. The van der Waals surface area contributed by atoms with Crippen molar-refractivity contribution in [3.63, 3.8) is 0 Å². The number of hydrogen-bond donors (Lipinski definition) is 0. The van der Waals surface area contributed by atoms with Gasteiger partial charge in [-0.3, -0.25) is 9.80 Å². The van der Waals surface area contributed by atoms with Crippen LogP contribution < -0.4 is 0 Å². The molecule has 0 amide bonds. The molecular weight excluding hydrogens is 294 g/mol. The summed E-state index contributed by atoms with van der Waals surface area (Å²) in [5, 5.41) is 8.20. The molecule has 0 bridgehead atoms. The first-order valence-electron chi connectivity index (χ1n) is 8.41. The summed E-state index contributed by atoms with van der Waals surface area (Å²) in [5.41, 5.74) is 1.01. The normalized spacial score (nSPS) is 21.7. The summed E-state index contributed by atoms with van der Waals surface area (Å²) >= 11 is 0. The van der Waals surface area contributed by atoms with E-state index in [9.17, 15) is 0 Å². The van der Waals surface area contributed by atoms with Crippen LogP contribution in [0, 0.1) is 6.92 Å². The Bertz CT molecular complexity index is 655. The van der Waals surface area contributed by atoms with E-state index in [4.69, 9.17) is 9.05 Å². The van der Waals surface area contributed by atoms with E-state index in [2.05, 4.69) is 32.0 Å². The lowest BCUT2D eigenvalue weighted by Crippen LogP contribution is -2.46. The van der Waals surface area contributed by atoms with Crippen LogP contribution in [0.2, 0.25) is 0 Å². The molecule has 0 N–H and O–H groups in total. The third-order valence-corrected chi connectivity index (χ3v) is 4.77. The predicted molar refractivity (Wildman–Crippen MR) is 82.8 cm³/mol. The van der Waals surface area contributed by atoms with Gasteiger partial charge in [-0.25, -0.2) is 0 Å². The van der Waals surface area contributed by atoms with Gasteiger partial charge in [-0.1, -0.05) is 10.3 Å². The molecular formula is C16H23N5O2. The zero-order valence-electron chi connectivity index (χ0n) is 13.7. The maximum Gasteiger partial charge on any atom is 0.243 e. The summed E-state index contributed by atoms with van der Waals surface area (Å²) in [4.78, 5) is 9.40. The minimum Gasteiger partial charge on any atom is -0.361 e. The van der Waals surface area contributed by atoms with Crippen molar-refractivity contribution in [1.29, 1.82) is 0 Å². The van der Waals surface area contributed by atoms with E-state index in [1.54, 1.807) is 0 Å². The molecule has 3 heterocycles. The highest BCUT2D eigenvalue weighted by Crippen LogP contribution is 2.38. The Morgan fingerprint density at radius 1 is 1.17 bits per heavy atom. The summed E-state index contributed by atoms with van der Waals surface area (Å²) in [6.07, 6.45) is 2.40. The number of hydrogen-bond acceptors (Lipinski definition) is 7. The lowest BCUT2D eigenvalue weighted by Gasteiger charge is -2.36. The first-order valence-corrected chi connectivity index (χ1v) is 8.41. The van der Waals surface area contributed by atoms with Gasteiger partial charge in [0.05, 0.1) is 11.7 Å².